The highest BCUT2D eigenvalue weighted by molar-refractivity contribution is 6.14. The predicted octanol–water partition coefficient (Wildman–Crippen LogP) is 1.07. The summed E-state index contributed by atoms with van der Waals surface area (Å²) in [5.74, 6) is -3.12. The highest BCUT2D eigenvalue weighted by atomic mass is 16.5. The molecule has 1 saturated heterocycles. The van der Waals surface area contributed by atoms with Crippen molar-refractivity contribution in [1.82, 2.24) is 4.90 Å². The molecule has 10 nitrogen and oxygen atoms in total. The van der Waals surface area contributed by atoms with Crippen LogP contribution >= 0.6 is 0 Å². The number of methoxy groups -OCH3 is 3. The van der Waals surface area contributed by atoms with Gasteiger partial charge < -0.3 is 34.6 Å². The number of ether oxygens (including phenoxy) is 3. The van der Waals surface area contributed by atoms with Crippen LogP contribution in [0.15, 0.2) is 6.07 Å². The summed E-state index contributed by atoms with van der Waals surface area (Å²) in [7, 11) is 5.81. The number of hydrogen-bond donors (Lipinski definition) is 4. The van der Waals surface area contributed by atoms with Gasteiger partial charge in [0, 0.05) is 36.3 Å². The first-order valence-electron chi connectivity index (χ1n) is 11.0. The molecule has 2 aromatic carbocycles. The van der Waals surface area contributed by atoms with Crippen molar-refractivity contribution in [3.05, 3.63) is 17.2 Å². The second-order valence-electron chi connectivity index (χ2n) is 9.47. The van der Waals surface area contributed by atoms with Gasteiger partial charge in [-0.1, -0.05) is 0 Å². The maximum atomic E-state index is 13.5. The molecule has 4 N–H and O–H groups in total. The predicted molar refractivity (Wildman–Crippen MR) is 119 cm³/mol. The van der Waals surface area contributed by atoms with E-state index < -0.39 is 40.2 Å². The fourth-order valence-corrected chi connectivity index (χ4v) is 5.97. The number of likely N-dealkylation sites (N-methyl/N-ethyl adjacent to an activating group) is 1. The number of Topliss-reactive ketones (excluding diaryl/α,β-unsaturated/α-hetero) is 2. The van der Waals surface area contributed by atoms with E-state index >= 15 is 0 Å². The maximum absolute atomic E-state index is 13.5. The van der Waals surface area contributed by atoms with Gasteiger partial charge in [-0.05, 0) is 19.5 Å². The summed E-state index contributed by atoms with van der Waals surface area (Å²) >= 11 is 0. The SMILES string of the molecule is COc1cc2c(OC)c3c(c(O)c2c(O)c1OC)C(=O)CC1CC(O)(C2CN2C)CC(=O)C31O. The number of aromatic hydroxyl groups is 2. The number of fused-ring (bicyclic) bond motifs is 4. The second-order valence-corrected chi connectivity index (χ2v) is 9.47. The number of carbonyl (C=O) groups is 2. The van der Waals surface area contributed by atoms with Crippen molar-refractivity contribution in [1.29, 1.82) is 0 Å². The van der Waals surface area contributed by atoms with Gasteiger partial charge in [-0.25, -0.2) is 0 Å². The summed E-state index contributed by atoms with van der Waals surface area (Å²) in [6, 6.07) is 1.21. The Hall–Kier alpha value is -3.08. The smallest absolute Gasteiger partial charge is 0.203 e. The van der Waals surface area contributed by atoms with Gasteiger partial charge >= 0.3 is 0 Å². The number of carbonyl (C=O) groups excluding carboxylic acids is 2. The van der Waals surface area contributed by atoms with Gasteiger partial charge in [-0.2, -0.15) is 0 Å². The number of phenols is 2. The van der Waals surface area contributed by atoms with Crippen molar-refractivity contribution in [2.45, 2.75) is 36.5 Å². The molecule has 0 radical (unpaired) electrons. The summed E-state index contributed by atoms with van der Waals surface area (Å²) in [4.78, 5) is 28.7. The van der Waals surface area contributed by atoms with Crippen molar-refractivity contribution in [2.75, 3.05) is 34.9 Å². The van der Waals surface area contributed by atoms with E-state index in [-0.39, 0.29) is 64.5 Å². The minimum absolute atomic E-state index is 0.0363. The second kappa shape index (κ2) is 7.21. The third kappa shape index (κ3) is 2.73. The first-order valence-corrected chi connectivity index (χ1v) is 11.0. The van der Waals surface area contributed by atoms with E-state index in [4.69, 9.17) is 14.2 Å². The quantitative estimate of drug-likeness (QED) is 0.476. The van der Waals surface area contributed by atoms with Crippen LogP contribution in [0.25, 0.3) is 10.8 Å². The highest BCUT2D eigenvalue weighted by Gasteiger charge is 2.63. The van der Waals surface area contributed by atoms with Crippen molar-refractivity contribution in [2.24, 2.45) is 5.92 Å². The number of ketones is 2. The molecule has 1 heterocycles. The fourth-order valence-electron chi connectivity index (χ4n) is 5.97. The molecule has 3 aliphatic rings. The molecule has 0 aromatic heterocycles. The van der Waals surface area contributed by atoms with Crippen molar-refractivity contribution >= 4 is 22.3 Å². The van der Waals surface area contributed by atoms with E-state index in [9.17, 15) is 30.0 Å². The Morgan fingerprint density at radius 1 is 1.03 bits per heavy atom. The van der Waals surface area contributed by atoms with Crippen LogP contribution in [0.1, 0.15) is 35.2 Å². The minimum atomic E-state index is -2.16. The van der Waals surface area contributed by atoms with Crippen LogP contribution in [0.4, 0.5) is 0 Å². The third-order valence-corrected chi connectivity index (χ3v) is 7.70. The molecule has 10 heteroatoms. The lowest BCUT2D eigenvalue weighted by Crippen LogP contribution is -2.59. The van der Waals surface area contributed by atoms with Crippen LogP contribution < -0.4 is 14.2 Å². The molecular formula is C24H27NO9. The van der Waals surface area contributed by atoms with Crippen LogP contribution in [-0.2, 0) is 10.4 Å². The van der Waals surface area contributed by atoms with Crippen molar-refractivity contribution in [3.63, 3.8) is 0 Å². The Bertz CT molecular complexity index is 1260. The first kappa shape index (κ1) is 22.7. The zero-order chi connectivity index (χ0) is 24.7. The topological polar surface area (TPSA) is 146 Å². The summed E-state index contributed by atoms with van der Waals surface area (Å²) in [6.45, 7) is 0.620. The molecule has 1 aliphatic heterocycles. The molecule has 1 saturated carbocycles. The highest BCUT2D eigenvalue weighted by Crippen LogP contribution is 2.59. The average molecular weight is 473 g/mol. The lowest BCUT2D eigenvalue weighted by molar-refractivity contribution is -0.167. The number of benzene rings is 2. The molecule has 0 bridgehead atoms. The summed E-state index contributed by atoms with van der Waals surface area (Å²) in [5, 5.41) is 45.1. The van der Waals surface area contributed by atoms with E-state index in [0.717, 1.165) is 0 Å². The van der Waals surface area contributed by atoms with Crippen LogP contribution in [0.3, 0.4) is 0 Å². The molecule has 34 heavy (non-hydrogen) atoms. The van der Waals surface area contributed by atoms with Crippen LogP contribution in [0.2, 0.25) is 0 Å². The van der Waals surface area contributed by atoms with Gasteiger partial charge in [0.15, 0.2) is 28.7 Å². The van der Waals surface area contributed by atoms with E-state index in [0.29, 0.717) is 6.54 Å². The fraction of sp³-hybridized carbons (Fsp3) is 0.500. The third-order valence-electron chi connectivity index (χ3n) is 7.70. The van der Waals surface area contributed by atoms with Crippen LogP contribution in [0.5, 0.6) is 28.7 Å². The Balaban J connectivity index is 1.81. The monoisotopic (exact) mass is 473 g/mol. The summed E-state index contributed by atoms with van der Waals surface area (Å²) < 4.78 is 16.1. The van der Waals surface area contributed by atoms with Gasteiger partial charge in [0.1, 0.15) is 11.5 Å². The van der Waals surface area contributed by atoms with Gasteiger partial charge in [0.25, 0.3) is 0 Å². The normalized spacial score (nSPS) is 32.2. The molecule has 5 rings (SSSR count). The largest absolute Gasteiger partial charge is 0.506 e. The maximum Gasteiger partial charge on any atom is 0.203 e. The lowest BCUT2D eigenvalue weighted by atomic mass is 9.58. The zero-order valence-electron chi connectivity index (χ0n) is 19.3. The Labute approximate surface area is 195 Å². The molecule has 2 aliphatic carbocycles. The van der Waals surface area contributed by atoms with Crippen LogP contribution in [-0.4, -0.2) is 83.5 Å². The molecule has 0 amide bonds. The molecule has 2 fully saturated rings. The van der Waals surface area contributed by atoms with Gasteiger partial charge in [-0.3, -0.25) is 14.5 Å². The van der Waals surface area contributed by atoms with Gasteiger partial charge in [-0.15, -0.1) is 0 Å². The van der Waals surface area contributed by atoms with Crippen LogP contribution in [0, 0.1) is 5.92 Å². The van der Waals surface area contributed by atoms with E-state index in [1.54, 1.807) is 0 Å². The number of rotatable bonds is 4. The van der Waals surface area contributed by atoms with E-state index in [1.807, 2.05) is 11.9 Å². The minimum Gasteiger partial charge on any atom is -0.506 e. The Morgan fingerprint density at radius 2 is 1.68 bits per heavy atom. The summed E-state index contributed by atoms with van der Waals surface area (Å²) in [5.41, 5.74) is -3.96. The van der Waals surface area contributed by atoms with Gasteiger partial charge in [0.2, 0.25) is 5.75 Å². The Morgan fingerprint density at radius 3 is 2.24 bits per heavy atom. The molecular weight excluding hydrogens is 446 g/mol. The standard InChI is InChI=1S/C24H27NO9/c1-25-9-14(25)23(30)7-10-5-12(26)17-18(24(10,31)15(27)8-23)21(33-3)11-6-13(32-2)22(34-4)20(29)16(11)19(17)28/h6,10,14,28-31H,5,7-9H2,1-4H3. The number of phenolic OH excluding ortho intramolecular Hbond substituents is 2. The Kier molecular flexibility index (Phi) is 4.81. The average Bonchev–Trinajstić information content (AvgIpc) is 3.53. The summed E-state index contributed by atoms with van der Waals surface area (Å²) in [6.07, 6.45) is -0.527. The molecule has 2 aromatic rings. The van der Waals surface area contributed by atoms with E-state index in [2.05, 4.69) is 0 Å². The van der Waals surface area contributed by atoms with E-state index in [1.165, 1.54) is 27.4 Å². The van der Waals surface area contributed by atoms with Gasteiger partial charge in [0.05, 0.1) is 43.9 Å². The molecule has 0 spiro atoms. The first-order chi connectivity index (χ1) is 16.0. The number of nitrogens with zero attached hydrogens (tertiary/aromatic N) is 1. The zero-order valence-corrected chi connectivity index (χ0v) is 19.3. The molecule has 5 unspecified atom stereocenters. The molecule has 182 valence electrons. The molecule has 5 atom stereocenters. The van der Waals surface area contributed by atoms with Crippen molar-refractivity contribution in [3.8, 4) is 28.7 Å². The van der Waals surface area contributed by atoms with Crippen molar-refractivity contribution < 1.29 is 44.2 Å². The lowest BCUT2D eigenvalue weighted by Gasteiger charge is -2.48. The number of aliphatic hydroxyl groups is 2. The number of hydrogen-bond acceptors (Lipinski definition) is 10.